The van der Waals surface area contributed by atoms with E-state index in [4.69, 9.17) is 32.7 Å². The third-order valence-electron chi connectivity index (χ3n) is 8.88. The molecule has 5 heterocycles. The number of aromatic nitrogens is 4. The fraction of sp³-hybridized carbons (Fsp3) is 0.371. The second kappa shape index (κ2) is 17.2. The molecule has 19 heteroatoms. The molecule has 1 fully saturated rings. The van der Waals surface area contributed by atoms with Crippen LogP contribution >= 0.6 is 23.2 Å². The number of halogens is 2. The van der Waals surface area contributed by atoms with E-state index in [-0.39, 0.29) is 47.3 Å². The highest BCUT2D eigenvalue weighted by atomic mass is 35.5. The van der Waals surface area contributed by atoms with Gasteiger partial charge >= 0.3 is 6.03 Å². The van der Waals surface area contributed by atoms with Gasteiger partial charge < -0.3 is 30.7 Å². The Morgan fingerprint density at radius 2 is 1.78 bits per heavy atom. The van der Waals surface area contributed by atoms with Gasteiger partial charge in [-0.3, -0.25) is 29.4 Å². The number of rotatable bonds is 16. The maximum absolute atomic E-state index is 13.3. The van der Waals surface area contributed by atoms with Gasteiger partial charge in [0.25, 0.3) is 11.8 Å². The van der Waals surface area contributed by atoms with Crippen molar-refractivity contribution < 1.29 is 33.4 Å². The molecule has 0 bridgehead atoms. The van der Waals surface area contributed by atoms with Crippen LogP contribution in [0.5, 0.6) is 5.88 Å². The zero-order chi connectivity index (χ0) is 38.4. The van der Waals surface area contributed by atoms with Crippen molar-refractivity contribution in [2.45, 2.75) is 51.2 Å². The summed E-state index contributed by atoms with van der Waals surface area (Å²) in [4.78, 5) is 72.8. The van der Waals surface area contributed by atoms with Crippen LogP contribution in [0, 0.1) is 0 Å². The van der Waals surface area contributed by atoms with E-state index in [1.165, 1.54) is 30.1 Å². The predicted octanol–water partition coefficient (Wildman–Crippen LogP) is 4.43. The zero-order valence-electron chi connectivity index (χ0n) is 29.4. The Morgan fingerprint density at radius 1 is 0.981 bits per heavy atom. The van der Waals surface area contributed by atoms with Crippen LogP contribution in [0.3, 0.4) is 0 Å². The molecule has 6 amide bonds. The van der Waals surface area contributed by atoms with Gasteiger partial charge in [-0.1, -0.05) is 35.7 Å². The summed E-state index contributed by atoms with van der Waals surface area (Å²) >= 11 is 12.3. The minimum Gasteiger partial charge on any atom is -0.475 e. The summed E-state index contributed by atoms with van der Waals surface area (Å²) in [5.74, 6) is -1.95. The van der Waals surface area contributed by atoms with Crippen molar-refractivity contribution in [2.24, 2.45) is 0 Å². The smallest absolute Gasteiger partial charge is 0.323 e. The Morgan fingerprint density at radius 3 is 2.57 bits per heavy atom. The molecule has 2 aliphatic heterocycles. The number of carbonyl (C=O) groups excluding carboxylic acids is 5. The number of unbranched alkanes of at least 4 members (excludes halogenated alkanes) is 2. The number of ether oxygens (including phenoxy) is 2. The van der Waals surface area contributed by atoms with E-state index < -0.39 is 41.8 Å². The average molecular weight is 782 g/mol. The molecule has 3 aromatic heterocycles. The summed E-state index contributed by atoms with van der Waals surface area (Å²) in [7, 11) is 1.54. The largest absolute Gasteiger partial charge is 0.475 e. The first kappa shape index (κ1) is 38.4. The molecule has 2 atom stereocenters. The van der Waals surface area contributed by atoms with Gasteiger partial charge in [0.1, 0.15) is 18.3 Å². The highest BCUT2D eigenvalue weighted by molar-refractivity contribution is 6.31. The molecule has 1 saturated heterocycles. The van der Waals surface area contributed by atoms with E-state index in [2.05, 4.69) is 41.7 Å². The zero-order valence-corrected chi connectivity index (χ0v) is 30.9. The molecule has 4 aromatic rings. The molecule has 54 heavy (non-hydrogen) atoms. The van der Waals surface area contributed by atoms with E-state index in [9.17, 15) is 24.0 Å². The number of anilines is 3. The number of amides is 6. The number of benzene rings is 1. The van der Waals surface area contributed by atoms with Gasteiger partial charge in [-0.2, -0.15) is 5.10 Å². The van der Waals surface area contributed by atoms with Crippen molar-refractivity contribution in [1.29, 1.82) is 0 Å². The normalized spacial score (nSPS) is 16.0. The van der Waals surface area contributed by atoms with E-state index in [0.717, 1.165) is 30.7 Å². The monoisotopic (exact) mass is 780 g/mol. The first-order valence-corrected chi connectivity index (χ1v) is 18.0. The second-order valence-corrected chi connectivity index (χ2v) is 13.3. The van der Waals surface area contributed by atoms with Crippen molar-refractivity contribution in [3.05, 3.63) is 69.7 Å². The maximum Gasteiger partial charge on any atom is 0.323 e. The van der Waals surface area contributed by atoms with Gasteiger partial charge in [0.2, 0.25) is 17.7 Å². The number of hydrogen-bond donors (Lipinski definition) is 5. The predicted molar refractivity (Wildman–Crippen MR) is 199 cm³/mol. The summed E-state index contributed by atoms with van der Waals surface area (Å²) < 4.78 is 12.8. The number of nitrogens with one attached hydrogen (secondary N) is 5. The lowest BCUT2D eigenvalue weighted by atomic mass is 10.0. The molecule has 0 saturated carbocycles. The third kappa shape index (κ3) is 8.54. The number of hydrogen-bond acceptors (Lipinski definition) is 12. The second-order valence-electron chi connectivity index (χ2n) is 12.5. The van der Waals surface area contributed by atoms with E-state index in [1.54, 1.807) is 31.2 Å². The summed E-state index contributed by atoms with van der Waals surface area (Å²) in [5, 5.41) is 19.1. The molecule has 5 N–H and O–H groups in total. The third-order valence-corrected chi connectivity index (χ3v) is 9.27. The summed E-state index contributed by atoms with van der Waals surface area (Å²) in [6.07, 6.45) is 5.19. The highest BCUT2D eigenvalue weighted by Crippen LogP contribution is 2.33. The van der Waals surface area contributed by atoms with Crippen molar-refractivity contribution in [2.75, 3.05) is 49.3 Å². The molecule has 0 spiro atoms. The van der Waals surface area contributed by atoms with Crippen LogP contribution in [0.25, 0.3) is 5.65 Å². The molecule has 0 radical (unpaired) electrons. The van der Waals surface area contributed by atoms with E-state index in [0.29, 0.717) is 40.8 Å². The van der Waals surface area contributed by atoms with Gasteiger partial charge in [0, 0.05) is 44.6 Å². The molecular formula is C35H38Cl2N10O7. The fourth-order valence-electron chi connectivity index (χ4n) is 6.21. The first-order valence-electron chi connectivity index (χ1n) is 17.3. The van der Waals surface area contributed by atoms with Crippen LogP contribution in [0.4, 0.5) is 21.9 Å². The van der Waals surface area contributed by atoms with Crippen LogP contribution in [-0.2, 0) is 14.3 Å². The Balaban J connectivity index is 0.921. The molecule has 6 rings (SSSR count). The number of methoxy groups -OCH3 is 1. The minimum absolute atomic E-state index is 0.0627. The van der Waals surface area contributed by atoms with Crippen molar-refractivity contribution in [1.82, 2.24) is 35.1 Å². The summed E-state index contributed by atoms with van der Waals surface area (Å²) in [6.45, 7) is 3.88. The van der Waals surface area contributed by atoms with Crippen molar-refractivity contribution in [3.8, 4) is 5.88 Å². The Labute approximate surface area is 319 Å². The van der Waals surface area contributed by atoms with Crippen LogP contribution in [-0.4, -0.2) is 93.5 Å². The lowest BCUT2D eigenvalue weighted by molar-refractivity contribution is -0.136. The number of carbonyl (C=O) groups is 5. The fourth-order valence-corrected chi connectivity index (χ4v) is 6.54. The van der Waals surface area contributed by atoms with Crippen LogP contribution in [0.1, 0.15) is 71.5 Å². The van der Waals surface area contributed by atoms with Gasteiger partial charge in [0.05, 0.1) is 39.8 Å². The van der Waals surface area contributed by atoms with Crippen LogP contribution in [0.15, 0.2) is 42.7 Å². The number of piperidine rings is 1. The minimum atomic E-state index is -1.01. The number of imide groups is 2. The average Bonchev–Trinajstić information content (AvgIpc) is 3.64. The maximum atomic E-state index is 13.3. The van der Waals surface area contributed by atoms with Gasteiger partial charge in [-0.25, -0.2) is 19.3 Å². The molecule has 0 aliphatic carbocycles. The Bertz CT molecular complexity index is 2090. The lowest BCUT2D eigenvalue weighted by Crippen LogP contribution is -2.54. The SMILES string of the molecule is COC(C)c1c(NC(=O)Nc2cc(Cl)cnc2OCCNCCCCCNc2cccc3c2C(=O)N(C2CCC(=O)NC2=O)C3=O)cnc2cc(Cl)nn12. The lowest BCUT2D eigenvalue weighted by Gasteiger charge is -2.27. The topological polar surface area (TPSA) is 210 Å². The van der Waals surface area contributed by atoms with Gasteiger partial charge in [-0.05, 0) is 50.9 Å². The van der Waals surface area contributed by atoms with E-state index in [1.807, 2.05) is 0 Å². The number of nitrogens with zero attached hydrogens (tertiary/aromatic N) is 5. The van der Waals surface area contributed by atoms with Crippen molar-refractivity contribution >= 4 is 75.6 Å². The Hall–Kier alpha value is -5.36. The van der Waals surface area contributed by atoms with Gasteiger partial charge in [-0.15, -0.1) is 0 Å². The van der Waals surface area contributed by atoms with Crippen LogP contribution < -0.4 is 31.3 Å². The van der Waals surface area contributed by atoms with Crippen molar-refractivity contribution in [3.63, 3.8) is 0 Å². The molecule has 284 valence electrons. The molecule has 2 aliphatic rings. The first-order chi connectivity index (χ1) is 26.0. The summed E-state index contributed by atoms with van der Waals surface area (Å²) in [5.41, 5.74) is 2.67. The molecular weight excluding hydrogens is 743 g/mol. The number of fused-ring (bicyclic) bond motifs is 2. The summed E-state index contributed by atoms with van der Waals surface area (Å²) in [6, 6.07) is 6.52. The van der Waals surface area contributed by atoms with Gasteiger partial charge in [0.15, 0.2) is 10.8 Å². The molecule has 2 unspecified atom stereocenters. The molecule has 17 nitrogen and oxygen atoms in total. The van der Waals surface area contributed by atoms with Crippen LogP contribution in [0.2, 0.25) is 10.2 Å². The highest BCUT2D eigenvalue weighted by Gasteiger charge is 2.45. The van der Waals surface area contributed by atoms with E-state index >= 15 is 0 Å². The quantitative estimate of drug-likeness (QED) is 0.0790. The Kier molecular flexibility index (Phi) is 12.2. The number of pyridine rings is 1. The standard InChI is InChI=1S/C35H38Cl2N10O7/c1-19(53-2)30-24(18-40-27-16-26(37)45-47(27)30)43-35(52)42-23-15-20(36)17-41-32(23)54-14-13-38-11-4-3-5-12-39-22-8-6-7-21-29(22)34(51)46(33(21)50)25-9-10-28(48)44-31(25)49/h6-8,15-19,25,38-39H,3-5,9-14H2,1-2H3,(H2,42,43,52)(H,44,48,49). The molecule has 1 aromatic carbocycles. The number of urea groups is 1.